The number of benzene rings is 1. The molecule has 0 aliphatic heterocycles. The molecule has 0 aliphatic carbocycles. The molecule has 2 nitrogen and oxygen atoms in total. The van der Waals surface area contributed by atoms with Crippen LogP contribution in [0.1, 0.15) is 38.8 Å². The third-order valence-electron chi connectivity index (χ3n) is 2.04. The van der Waals surface area contributed by atoms with Crippen molar-refractivity contribution >= 4 is 12.1 Å². The van der Waals surface area contributed by atoms with Gasteiger partial charge in [-0.05, 0) is 44.0 Å². The average Bonchev–Trinajstić information content (AvgIpc) is 2.02. The second-order valence-electron chi connectivity index (χ2n) is 3.20. The van der Waals surface area contributed by atoms with Crippen LogP contribution in [-0.4, -0.2) is 12.1 Å². The van der Waals surface area contributed by atoms with Crippen molar-refractivity contribution in [2.75, 3.05) is 0 Å². The lowest BCUT2D eigenvalue weighted by Crippen LogP contribution is -2.01. The summed E-state index contributed by atoms with van der Waals surface area (Å²) in [5.41, 5.74) is 3.09. The van der Waals surface area contributed by atoms with E-state index in [1.807, 2.05) is 13.8 Å². The average molecular weight is 176 g/mol. The smallest absolute Gasteiger partial charge is 0.160 e. The van der Waals surface area contributed by atoms with Gasteiger partial charge in [-0.25, -0.2) is 0 Å². The van der Waals surface area contributed by atoms with E-state index in [1.54, 1.807) is 12.1 Å². The van der Waals surface area contributed by atoms with Crippen LogP contribution in [0.2, 0.25) is 0 Å². The molecule has 0 spiro atoms. The summed E-state index contributed by atoms with van der Waals surface area (Å²) in [6.07, 6.45) is 0.796. The molecule has 0 radical (unpaired) electrons. The van der Waals surface area contributed by atoms with Crippen molar-refractivity contribution in [2.24, 2.45) is 0 Å². The van der Waals surface area contributed by atoms with Gasteiger partial charge in [0.15, 0.2) is 5.78 Å². The first-order chi connectivity index (χ1) is 6.06. The molecule has 0 aromatic heterocycles. The fourth-order valence-corrected chi connectivity index (χ4v) is 1.62. The predicted molar refractivity (Wildman–Crippen MR) is 51.3 cm³/mol. The van der Waals surface area contributed by atoms with E-state index < -0.39 is 0 Å². The standard InChI is InChI=1S/C11H12O2/c1-7-4-10(6-12)5-8(2)11(7)9(3)13/h4-6H,1-3H3. The van der Waals surface area contributed by atoms with Crippen LogP contribution < -0.4 is 0 Å². The summed E-state index contributed by atoms with van der Waals surface area (Å²) < 4.78 is 0. The predicted octanol–water partition coefficient (Wildman–Crippen LogP) is 2.32. The Morgan fingerprint density at radius 1 is 1.23 bits per heavy atom. The highest BCUT2D eigenvalue weighted by atomic mass is 16.1. The molecule has 0 N–H and O–H groups in total. The lowest BCUT2D eigenvalue weighted by molar-refractivity contribution is 0.101. The Labute approximate surface area is 77.6 Å². The number of hydrogen-bond donors (Lipinski definition) is 0. The molecule has 0 saturated carbocycles. The van der Waals surface area contributed by atoms with Crippen LogP contribution in [0.15, 0.2) is 12.1 Å². The topological polar surface area (TPSA) is 34.1 Å². The monoisotopic (exact) mass is 176 g/mol. The summed E-state index contributed by atoms with van der Waals surface area (Å²) in [5.74, 6) is 0.0486. The van der Waals surface area contributed by atoms with Gasteiger partial charge in [0, 0.05) is 11.1 Å². The quantitative estimate of drug-likeness (QED) is 0.512. The highest BCUT2D eigenvalue weighted by Gasteiger charge is 2.08. The Bertz CT molecular complexity index is 341. The Morgan fingerprint density at radius 2 is 1.69 bits per heavy atom. The van der Waals surface area contributed by atoms with Crippen LogP contribution in [-0.2, 0) is 0 Å². The SMILES string of the molecule is CC(=O)c1c(C)cc(C=O)cc1C. The summed E-state index contributed by atoms with van der Waals surface area (Å²) >= 11 is 0. The summed E-state index contributed by atoms with van der Waals surface area (Å²) in [6.45, 7) is 5.23. The van der Waals surface area contributed by atoms with Crippen LogP contribution >= 0.6 is 0 Å². The molecular formula is C11H12O2. The van der Waals surface area contributed by atoms with Crippen LogP contribution in [0.25, 0.3) is 0 Å². The van der Waals surface area contributed by atoms with Gasteiger partial charge in [0.1, 0.15) is 6.29 Å². The van der Waals surface area contributed by atoms with E-state index in [0.29, 0.717) is 5.56 Å². The van der Waals surface area contributed by atoms with Crippen molar-refractivity contribution in [3.63, 3.8) is 0 Å². The first kappa shape index (κ1) is 9.65. The highest BCUT2D eigenvalue weighted by molar-refractivity contribution is 5.97. The van der Waals surface area contributed by atoms with Crippen molar-refractivity contribution in [1.82, 2.24) is 0 Å². The molecule has 0 heterocycles. The molecule has 0 fully saturated rings. The second kappa shape index (κ2) is 3.52. The Hall–Kier alpha value is -1.44. The van der Waals surface area contributed by atoms with Gasteiger partial charge in [-0.2, -0.15) is 0 Å². The van der Waals surface area contributed by atoms with Crippen LogP contribution in [0, 0.1) is 13.8 Å². The largest absolute Gasteiger partial charge is 0.298 e. The van der Waals surface area contributed by atoms with E-state index in [9.17, 15) is 9.59 Å². The third kappa shape index (κ3) is 1.83. The number of hydrogen-bond acceptors (Lipinski definition) is 2. The van der Waals surface area contributed by atoms with Gasteiger partial charge in [-0.3, -0.25) is 9.59 Å². The minimum absolute atomic E-state index is 0.0486. The summed E-state index contributed by atoms with van der Waals surface area (Å²) in [5, 5.41) is 0. The molecule has 0 bridgehead atoms. The van der Waals surface area contributed by atoms with Gasteiger partial charge in [0.05, 0.1) is 0 Å². The summed E-state index contributed by atoms with van der Waals surface area (Å²) in [4.78, 5) is 21.7. The molecular weight excluding hydrogens is 164 g/mol. The molecule has 1 aromatic carbocycles. The van der Waals surface area contributed by atoms with Crippen molar-refractivity contribution in [3.05, 3.63) is 34.4 Å². The number of aryl methyl sites for hydroxylation is 2. The molecule has 1 aromatic rings. The molecule has 0 unspecified atom stereocenters. The maximum Gasteiger partial charge on any atom is 0.160 e. The van der Waals surface area contributed by atoms with Gasteiger partial charge < -0.3 is 0 Å². The first-order valence-corrected chi connectivity index (χ1v) is 4.13. The van der Waals surface area contributed by atoms with E-state index in [4.69, 9.17) is 0 Å². The van der Waals surface area contributed by atoms with E-state index in [-0.39, 0.29) is 5.78 Å². The van der Waals surface area contributed by atoms with Crippen LogP contribution in [0.3, 0.4) is 0 Å². The Morgan fingerprint density at radius 3 is 2.00 bits per heavy atom. The van der Waals surface area contributed by atoms with Crippen molar-refractivity contribution in [2.45, 2.75) is 20.8 Å². The summed E-state index contributed by atoms with van der Waals surface area (Å²) in [7, 11) is 0. The van der Waals surface area contributed by atoms with Crippen LogP contribution in [0.4, 0.5) is 0 Å². The molecule has 1 rings (SSSR count). The lowest BCUT2D eigenvalue weighted by Gasteiger charge is -2.06. The fourth-order valence-electron chi connectivity index (χ4n) is 1.62. The van der Waals surface area contributed by atoms with Gasteiger partial charge in [0.25, 0.3) is 0 Å². The minimum atomic E-state index is 0.0486. The number of rotatable bonds is 2. The van der Waals surface area contributed by atoms with Gasteiger partial charge in [-0.1, -0.05) is 0 Å². The van der Waals surface area contributed by atoms with E-state index in [2.05, 4.69) is 0 Å². The van der Waals surface area contributed by atoms with Crippen molar-refractivity contribution in [3.8, 4) is 0 Å². The van der Waals surface area contributed by atoms with Gasteiger partial charge in [-0.15, -0.1) is 0 Å². The first-order valence-electron chi connectivity index (χ1n) is 4.13. The molecule has 0 saturated heterocycles. The van der Waals surface area contributed by atoms with E-state index in [1.165, 1.54) is 6.92 Å². The van der Waals surface area contributed by atoms with E-state index in [0.717, 1.165) is 23.0 Å². The number of carbonyl (C=O) groups is 2. The minimum Gasteiger partial charge on any atom is -0.298 e. The van der Waals surface area contributed by atoms with Crippen molar-refractivity contribution < 1.29 is 9.59 Å². The molecule has 2 heteroatoms. The highest BCUT2D eigenvalue weighted by Crippen LogP contribution is 2.16. The number of ketones is 1. The van der Waals surface area contributed by atoms with E-state index >= 15 is 0 Å². The number of aldehydes is 1. The maximum atomic E-state index is 11.2. The van der Waals surface area contributed by atoms with Crippen LogP contribution in [0.5, 0.6) is 0 Å². The lowest BCUT2D eigenvalue weighted by atomic mass is 9.97. The molecule has 13 heavy (non-hydrogen) atoms. The molecule has 0 aliphatic rings. The third-order valence-corrected chi connectivity index (χ3v) is 2.04. The van der Waals surface area contributed by atoms with Gasteiger partial charge in [0.2, 0.25) is 0 Å². The molecule has 0 amide bonds. The maximum absolute atomic E-state index is 11.2. The molecule has 0 atom stereocenters. The second-order valence-corrected chi connectivity index (χ2v) is 3.20. The zero-order valence-corrected chi connectivity index (χ0v) is 8.05. The molecule has 68 valence electrons. The zero-order chi connectivity index (χ0) is 10.0. The normalized spacial score (nSPS) is 9.77. The number of carbonyl (C=O) groups excluding carboxylic acids is 2. The Balaban J connectivity index is 3.39. The Kier molecular flexibility index (Phi) is 2.61. The van der Waals surface area contributed by atoms with Gasteiger partial charge >= 0.3 is 0 Å². The fraction of sp³-hybridized carbons (Fsp3) is 0.273. The zero-order valence-electron chi connectivity index (χ0n) is 8.05. The number of Topliss-reactive ketones (excluding diaryl/α,β-unsaturated/α-hetero) is 1. The van der Waals surface area contributed by atoms with Crippen molar-refractivity contribution in [1.29, 1.82) is 0 Å². The summed E-state index contributed by atoms with van der Waals surface area (Å²) in [6, 6.07) is 3.47.